The summed E-state index contributed by atoms with van der Waals surface area (Å²) in [6.45, 7) is 0. The normalized spacial score (nSPS) is 41.0. The van der Waals surface area contributed by atoms with Crippen LogP contribution in [0.15, 0.2) is 24.3 Å². The molecule has 0 N–H and O–H groups in total. The van der Waals surface area contributed by atoms with Crippen molar-refractivity contribution in [1.82, 2.24) is 0 Å². The lowest BCUT2D eigenvalue weighted by atomic mass is 10.0. The van der Waals surface area contributed by atoms with Crippen molar-refractivity contribution >= 4 is 0 Å². The predicted octanol–water partition coefficient (Wildman–Crippen LogP) is 2.15. The van der Waals surface area contributed by atoms with Crippen molar-refractivity contribution in [2.75, 3.05) is 7.11 Å². The summed E-state index contributed by atoms with van der Waals surface area (Å²) in [6, 6.07) is 0. The lowest BCUT2D eigenvalue weighted by Gasteiger charge is -2.17. The minimum Gasteiger partial charge on any atom is -0.380 e. The smallest absolute Gasteiger partial charge is 0.0696 e. The first-order chi connectivity index (χ1) is 5.42. The van der Waals surface area contributed by atoms with Gasteiger partial charge in [0, 0.05) is 18.9 Å². The summed E-state index contributed by atoms with van der Waals surface area (Å²) in [5.74, 6) is 1.33. The number of methoxy groups -OCH3 is 1. The zero-order valence-corrected chi connectivity index (χ0v) is 6.86. The molecule has 2 aliphatic carbocycles. The molecule has 0 radical (unpaired) electrons. The number of hydrogen-bond donors (Lipinski definition) is 0. The molecule has 1 fully saturated rings. The Bertz CT molecular complexity index is 173. The highest BCUT2D eigenvalue weighted by Crippen LogP contribution is 2.36. The van der Waals surface area contributed by atoms with Crippen molar-refractivity contribution in [3.63, 3.8) is 0 Å². The molecule has 0 aromatic heterocycles. The quantitative estimate of drug-likeness (QED) is 0.556. The van der Waals surface area contributed by atoms with Gasteiger partial charge in [0.15, 0.2) is 0 Å². The highest BCUT2D eigenvalue weighted by Gasteiger charge is 2.33. The highest BCUT2D eigenvalue weighted by atomic mass is 16.5. The topological polar surface area (TPSA) is 9.23 Å². The Labute approximate surface area is 67.7 Å². The first-order valence-corrected chi connectivity index (χ1v) is 4.29. The molecule has 0 spiro atoms. The van der Waals surface area contributed by atoms with Crippen LogP contribution in [0.2, 0.25) is 0 Å². The maximum Gasteiger partial charge on any atom is 0.0696 e. The summed E-state index contributed by atoms with van der Waals surface area (Å²) >= 11 is 0. The van der Waals surface area contributed by atoms with Gasteiger partial charge in [0.25, 0.3) is 0 Å². The van der Waals surface area contributed by atoms with Gasteiger partial charge in [0.05, 0.1) is 6.10 Å². The monoisotopic (exact) mass is 150 g/mol. The van der Waals surface area contributed by atoms with E-state index < -0.39 is 0 Å². The van der Waals surface area contributed by atoms with Gasteiger partial charge in [0.2, 0.25) is 0 Å². The third kappa shape index (κ3) is 1.14. The fourth-order valence-corrected chi connectivity index (χ4v) is 2.21. The first-order valence-electron chi connectivity index (χ1n) is 4.29. The average molecular weight is 150 g/mol. The summed E-state index contributed by atoms with van der Waals surface area (Å²) in [5.41, 5.74) is 0. The molecule has 0 amide bonds. The van der Waals surface area contributed by atoms with Crippen LogP contribution in [0, 0.1) is 11.8 Å². The molecule has 60 valence electrons. The van der Waals surface area contributed by atoms with Crippen molar-refractivity contribution in [2.45, 2.75) is 18.9 Å². The molecule has 0 aromatic rings. The summed E-state index contributed by atoms with van der Waals surface area (Å²) in [5, 5.41) is 0. The van der Waals surface area contributed by atoms with Crippen molar-refractivity contribution in [1.29, 1.82) is 0 Å². The number of hydrogen-bond acceptors (Lipinski definition) is 1. The van der Waals surface area contributed by atoms with Gasteiger partial charge < -0.3 is 4.74 Å². The van der Waals surface area contributed by atoms with E-state index in [0.29, 0.717) is 17.9 Å². The second-order valence-electron chi connectivity index (χ2n) is 3.38. The van der Waals surface area contributed by atoms with E-state index in [9.17, 15) is 0 Å². The molecule has 2 unspecified atom stereocenters. The Morgan fingerprint density at radius 3 is 2.09 bits per heavy atom. The molecule has 2 aliphatic rings. The minimum absolute atomic E-state index is 0.449. The van der Waals surface area contributed by atoms with Crippen LogP contribution in [0.3, 0.4) is 0 Å². The van der Waals surface area contributed by atoms with Gasteiger partial charge in [0.1, 0.15) is 0 Å². The van der Waals surface area contributed by atoms with E-state index >= 15 is 0 Å². The molecule has 0 heterocycles. The van der Waals surface area contributed by atoms with Crippen molar-refractivity contribution in [3.05, 3.63) is 24.3 Å². The van der Waals surface area contributed by atoms with Crippen molar-refractivity contribution in [2.24, 2.45) is 11.8 Å². The van der Waals surface area contributed by atoms with Gasteiger partial charge in [-0.05, 0) is 12.8 Å². The number of fused-ring (bicyclic) bond motifs is 2. The Morgan fingerprint density at radius 1 is 1.09 bits per heavy atom. The molecular weight excluding hydrogens is 136 g/mol. The van der Waals surface area contributed by atoms with Crippen LogP contribution in [0.25, 0.3) is 0 Å². The van der Waals surface area contributed by atoms with Crippen LogP contribution < -0.4 is 0 Å². The summed E-state index contributed by atoms with van der Waals surface area (Å²) < 4.78 is 5.46. The van der Waals surface area contributed by atoms with Gasteiger partial charge in [-0.25, -0.2) is 0 Å². The largest absolute Gasteiger partial charge is 0.380 e. The van der Waals surface area contributed by atoms with E-state index in [1.54, 1.807) is 0 Å². The van der Waals surface area contributed by atoms with E-state index in [1.807, 2.05) is 7.11 Å². The zero-order valence-electron chi connectivity index (χ0n) is 6.86. The van der Waals surface area contributed by atoms with Gasteiger partial charge >= 0.3 is 0 Å². The average Bonchev–Trinajstić information content (AvgIpc) is 2.23. The van der Waals surface area contributed by atoms with Crippen LogP contribution in [0.4, 0.5) is 0 Å². The molecule has 2 atom stereocenters. The second-order valence-corrected chi connectivity index (χ2v) is 3.38. The highest BCUT2D eigenvalue weighted by molar-refractivity contribution is 5.16. The molecule has 1 saturated carbocycles. The summed E-state index contributed by atoms with van der Waals surface area (Å²) in [4.78, 5) is 0. The van der Waals surface area contributed by atoms with E-state index in [0.717, 1.165) is 0 Å². The number of allylic oxidation sites excluding steroid dienone is 2. The van der Waals surface area contributed by atoms with E-state index in [1.165, 1.54) is 12.8 Å². The van der Waals surface area contributed by atoms with Gasteiger partial charge in [-0.15, -0.1) is 0 Å². The maximum atomic E-state index is 5.46. The molecule has 0 saturated heterocycles. The third-order valence-electron chi connectivity index (χ3n) is 2.78. The van der Waals surface area contributed by atoms with Gasteiger partial charge in [-0.3, -0.25) is 0 Å². The molecule has 2 rings (SSSR count). The standard InChI is InChI=1S/C10H14O/c1-11-10-8-4-2-3-5-9(10)7-6-8/h2-5,8-10H,6-7H2,1H3. The summed E-state index contributed by atoms with van der Waals surface area (Å²) in [6.07, 6.45) is 11.9. The third-order valence-corrected chi connectivity index (χ3v) is 2.78. The van der Waals surface area contributed by atoms with Crippen LogP contribution >= 0.6 is 0 Å². The van der Waals surface area contributed by atoms with Gasteiger partial charge in [-0.2, -0.15) is 0 Å². The minimum atomic E-state index is 0.449. The molecule has 1 nitrogen and oxygen atoms in total. The Kier molecular flexibility index (Phi) is 1.82. The fourth-order valence-electron chi connectivity index (χ4n) is 2.21. The van der Waals surface area contributed by atoms with Crippen LogP contribution in [-0.4, -0.2) is 13.2 Å². The molecule has 0 aliphatic heterocycles. The molecular formula is C10H14O. The lowest BCUT2D eigenvalue weighted by Crippen LogP contribution is -2.20. The predicted molar refractivity (Wildman–Crippen MR) is 45.3 cm³/mol. The van der Waals surface area contributed by atoms with Crippen molar-refractivity contribution < 1.29 is 4.74 Å². The first kappa shape index (κ1) is 7.11. The number of ether oxygens (including phenoxy) is 1. The van der Waals surface area contributed by atoms with E-state index in [4.69, 9.17) is 4.74 Å². The Morgan fingerprint density at radius 2 is 1.64 bits per heavy atom. The fraction of sp³-hybridized carbons (Fsp3) is 0.600. The van der Waals surface area contributed by atoms with Crippen LogP contribution in [0.5, 0.6) is 0 Å². The molecule has 11 heavy (non-hydrogen) atoms. The van der Waals surface area contributed by atoms with Crippen LogP contribution in [0.1, 0.15) is 12.8 Å². The molecule has 2 bridgehead atoms. The summed E-state index contributed by atoms with van der Waals surface area (Å²) in [7, 11) is 1.82. The van der Waals surface area contributed by atoms with Crippen molar-refractivity contribution in [3.8, 4) is 0 Å². The Hall–Kier alpha value is -0.560. The second kappa shape index (κ2) is 2.82. The molecule has 0 aromatic carbocycles. The zero-order chi connectivity index (χ0) is 7.68. The van der Waals surface area contributed by atoms with Gasteiger partial charge in [-0.1, -0.05) is 24.3 Å². The van der Waals surface area contributed by atoms with E-state index in [-0.39, 0.29) is 0 Å². The Balaban J connectivity index is 2.21. The van der Waals surface area contributed by atoms with Crippen LogP contribution in [-0.2, 0) is 4.74 Å². The maximum absolute atomic E-state index is 5.46. The SMILES string of the molecule is COC1C2C=CC=CC1CC2. The number of rotatable bonds is 1. The van der Waals surface area contributed by atoms with E-state index in [2.05, 4.69) is 24.3 Å². The molecule has 1 heteroatoms. The lowest BCUT2D eigenvalue weighted by molar-refractivity contribution is 0.0652.